The lowest BCUT2D eigenvalue weighted by molar-refractivity contribution is -0.203. The average molecular weight is 275 g/mol. The van der Waals surface area contributed by atoms with Gasteiger partial charge in [-0.25, -0.2) is 0 Å². The van der Waals surface area contributed by atoms with Crippen LogP contribution in [0.1, 0.15) is 19.3 Å². The van der Waals surface area contributed by atoms with Gasteiger partial charge in [-0.1, -0.05) is 0 Å². The fourth-order valence-electron chi connectivity index (χ4n) is 3.02. The van der Waals surface area contributed by atoms with Crippen LogP contribution >= 0.6 is 0 Å². The molecule has 5 unspecified atom stereocenters. The first kappa shape index (κ1) is 13.2. The molecule has 5 atom stereocenters. The Labute approximate surface area is 97.5 Å². The molecule has 2 aliphatic rings. The van der Waals surface area contributed by atoms with Crippen molar-refractivity contribution in [3.63, 3.8) is 0 Å². The average Bonchev–Trinajstić information content (AvgIpc) is 2.75. The second kappa shape index (κ2) is 3.89. The van der Waals surface area contributed by atoms with Crippen molar-refractivity contribution in [1.29, 1.82) is 0 Å². The van der Waals surface area contributed by atoms with Crippen molar-refractivity contribution in [3.8, 4) is 0 Å². The minimum Gasteiger partial charge on any atom is -0.768 e. The van der Waals surface area contributed by atoms with E-state index in [9.17, 15) is 31.4 Å². The number of halogens is 4. The van der Waals surface area contributed by atoms with Crippen molar-refractivity contribution in [2.24, 2.45) is 17.8 Å². The first-order valence-corrected chi connectivity index (χ1v) is 6.28. The van der Waals surface area contributed by atoms with Gasteiger partial charge in [0.05, 0.1) is 6.10 Å². The van der Waals surface area contributed by atoms with Crippen molar-refractivity contribution in [2.75, 3.05) is 0 Å². The largest absolute Gasteiger partial charge is 0.768 e. The van der Waals surface area contributed by atoms with E-state index in [4.69, 9.17) is 0 Å². The molecule has 17 heavy (non-hydrogen) atoms. The molecule has 100 valence electrons. The summed E-state index contributed by atoms with van der Waals surface area (Å²) in [6, 6.07) is 0. The summed E-state index contributed by atoms with van der Waals surface area (Å²) in [5, 5.41) is 4.31. The van der Waals surface area contributed by atoms with E-state index in [1.807, 2.05) is 0 Å². The van der Waals surface area contributed by atoms with Crippen molar-refractivity contribution >= 4 is 11.1 Å². The summed E-state index contributed by atoms with van der Waals surface area (Å²) < 4.78 is 73.4. The molecule has 0 spiro atoms. The summed E-state index contributed by atoms with van der Waals surface area (Å²) in [5.41, 5.74) is 0. The molecule has 8 heteroatoms. The summed E-state index contributed by atoms with van der Waals surface area (Å²) in [6.45, 7) is 0. The third-order valence-corrected chi connectivity index (χ3v) is 4.57. The van der Waals surface area contributed by atoms with E-state index in [1.165, 1.54) is 0 Å². The predicted octanol–water partition coefficient (Wildman–Crippen LogP) is 1.50. The van der Waals surface area contributed by atoms with Crippen molar-refractivity contribution in [3.05, 3.63) is 0 Å². The standard InChI is InChI=1S/C9H12F4O3S/c10-8(11,9(12,13)17(15)16)6-2-5-1-4(6)3-7(5)14/h4-7,14H,1-3H2,(H,15,16)/p-1. The molecular formula is C9H11F4O3S-. The maximum atomic E-state index is 13.5. The zero-order valence-electron chi connectivity index (χ0n) is 8.61. The van der Waals surface area contributed by atoms with Gasteiger partial charge < -0.3 is 9.66 Å². The van der Waals surface area contributed by atoms with Crippen LogP contribution in [-0.2, 0) is 11.1 Å². The molecule has 0 aromatic heterocycles. The van der Waals surface area contributed by atoms with Gasteiger partial charge in [-0.2, -0.15) is 17.6 Å². The number of hydrogen-bond acceptors (Lipinski definition) is 3. The van der Waals surface area contributed by atoms with Crippen LogP contribution in [0.3, 0.4) is 0 Å². The van der Waals surface area contributed by atoms with E-state index in [1.54, 1.807) is 0 Å². The van der Waals surface area contributed by atoms with Gasteiger partial charge in [-0.3, -0.25) is 4.21 Å². The molecular weight excluding hydrogens is 264 g/mol. The zero-order chi connectivity index (χ0) is 13.0. The smallest absolute Gasteiger partial charge is 0.371 e. The first-order chi connectivity index (χ1) is 7.68. The van der Waals surface area contributed by atoms with Crippen LogP contribution < -0.4 is 0 Å². The Hall–Kier alpha value is -0.210. The molecule has 0 heterocycles. The van der Waals surface area contributed by atoms with Crippen molar-refractivity contribution in [1.82, 2.24) is 0 Å². The number of aliphatic hydroxyl groups is 1. The van der Waals surface area contributed by atoms with E-state index in [0.29, 0.717) is 0 Å². The van der Waals surface area contributed by atoms with Crippen LogP contribution in [0.2, 0.25) is 0 Å². The molecule has 3 nitrogen and oxygen atoms in total. The maximum Gasteiger partial charge on any atom is 0.371 e. The van der Waals surface area contributed by atoms with Gasteiger partial charge in [-0.05, 0) is 31.1 Å². The van der Waals surface area contributed by atoms with Gasteiger partial charge in [0, 0.05) is 17.0 Å². The van der Waals surface area contributed by atoms with Crippen LogP contribution in [0.4, 0.5) is 17.6 Å². The van der Waals surface area contributed by atoms with Gasteiger partial charge in [0.15, 0.2) is 0 Å². The third-order valence-electron chi connectivity index (χ3n) is 3.88. The third kappa shape index (κ3) is 1.80. The lowest BCUT2D eigenvalue weighted by Crippen LogP contribution is -2.51. The van der Waals surface area contributed by atoms with E-state index in [2.05, 4.69) is 0 Å². The molecule has 2 rings (SSSR count). The quantitative estimate of drug-likeness (QED) is 0.627. The summed E-state index contributed by atoms with van der Waals surface area (Å²) in [7, 11) is 0. The zero-order valence-corrected chi connectivity index (χ0v) is 9.43. The molecule has 2 saturated carbocycles. The Morgan fingerprint density at radius 2 is 1.71 bits per heavy atom. The van der Waals surface area contributed by atoms with Gasteiger partial charge in [0.25, 0.3) is 0 Å². The molecule has 1 N–H and O–H groups in total. The van der Waals surface area contributed by atoms with Crippen LogP contribution in [0.15, 0.2) is 0 Å². The van der Waals surface area contributed by atoms with Gasteiger partial charge >= 0.3 is 11.2 Å². The van der Waals surface area contributed by atoms with Crippen LogP contribution in [-0.4, -0.2) is 31.1 Å². The summed E-state index contributed by atoms with van der Waals surface area (Å²) >= 11 is -4.15. The second-order valence-electron chi connectivity index (χ2n) is 4.78. The van der Waals surface area contributed by atoms with Gasteiger partial charge in [-0.15, -0.1) is 0 Å². The minimum absolute atomic E-state index is 0.0481. The summed E-state index contributed by atoms with van der Waals surface area (Å²) in [6.07, 6.45) is -0.653. The topological polar surface area (TPSA) is 60.4 Å². The molecule has 2 fully saturated rings. The Kier molecular flexibility index (Phi) is 3.03. The fourth-order valence-corrected chi connectivity index (χ4v) is 3.39. The predicted molar refractivity (Wildman–Crippen MR) is 49.1 cm³/mol. The number of rotatable bonds is 3. The highest BCUT2D eigenvalue weighted by atomic mass is 32.2. The van der Waals surface area contributed by atoms with Crippen LogP contribution in [0.25, 0.3) is 0 Å². The maximum absolute atomic E-state index is 13.5. The Morgan fingerprint density at radius 1 is 1.12 bits per heavy atom. The van der Waals surface area contributed by atoms with Crippen molar-refractivity contribution < 1.29 is 31.4 Å². The van der Waals surface area contributed by atoms with Crippen LogP contribution in [0.5, 0.6) is 0 Å². The minimum atomic E-state index is -5.05. The Balaban J connectivity index is 2.21. The van der Waals surface area contributed by atoms with Gasteiger partial charge in [0.2, 0.25) is 0 Å². The molecule has 0 radical (unpaired) electrons. The highest BCUT2D eigenvalue weighted by molar-refractivity contribution is 7.80. The summed E-state index contributed by atoms with van der Waals surface area (Å²) in [4.78, 5) is 0. The Morgan fingerprint density at radius 3 is 2.06 bits per heavy atom. The summed E-state index contributed by atoms with van der Waals surface area (Å²) in [5.74, 6) is -7.37. The number of fused-ring (bicyclic) bond motifs is 2. The lowest BCUT2D eigenvalue weighted by Gasteiger charge is -2.36. The van der Waals surface area contributed by atoms with E-state index >= 15 is 0 Å². The SMILES string of the molecule is O=S([O-])C(F)(F)C(F)(F)C1CC2CC1CC2O. The highest BCUT2D eigenvalue weighted by Crippen LogP contribution is 2.57. The fraction of sp³-hybridized carbons (Fsp3) is 1.00. The number of hydrogen-bond donors (Lipinski definition) is 1. The molecule has 0 amide bonds. The molecule has 2 bridgehead atoms. The molecule has 0 aliphatic heterocycles. The van der Waals surface area contributed by atoms with E-state index in [-0.39, 0.29) is 19.3 Å². The first-order valence-electron chi connectivity index (χ1n) is 5.21. The second-order valence-corrected chi connectivity index (χ2v) is 5.76. The van der Waals surface area contributed by atoms with Crippen LogP contribution in [0, 0.1) is 17.8 Å². The monoisotopic (exact) mass is 275 g/mol. The van der Waals surface area contributed by atoms with E-state index < -0.39 is 46.1 Å². The lowest BCUT2D eigenvalue weighted by atomic mass is 9.83. The molecule has 0 aromatic carbocycles. The number of alkyl halides is 4. The normalized spacial score (nSPS) is 39.6. The van der Waals surface area contributed by atoms with E-state index in [0.717, 1.165) is 0 Å². The van der Waals surface area contributed by atoms with Crippen molar-refractivity contribution in [2.45, 2.75) is 36.5 Å². The highest BCUT2D eigenvalue weighted by Gasteiger charge is 2.67. The molecule has 0 aromatic rings. The molecule has 2 aliphatic carbocycles. The Bertz CT molecular complexity index is 347. The van der Waals surface area contributed by atoms with Gasteiger partial charge in [0.1, 0.15) is 0 Å². The molecule has 0 saturated heterocycles. The number of aliphatic hydroxyl groups excluding tert-OH is 1.